The molecular formula is C14H24N2O. The molecule has 0 fully saturated rings. The zero-order valence-electron chi connectivity index (χ0n) is 11.0. The summed E-state index contributed by atoms with van der Waals surface area (Å²) in [6.07, 6.45) is 8.69. The Morgan fingerprint density at radius 2 is 2.24 bits per heavy atom. The number of nitrogens with one attached hydrogen (secondary N) is 1. The summed E-state index contributed by atoms with van der Waals surface area (Å²) in [5, 5.41) is 2.95. The lowest BCUT2D eigenvalue weighted by molar-refractivity contribution is -0.120. The molecule has 0 saturated carbocycles. The van der Waals surface area contributed by atoms with E-state index in [1.54, 1.807) is 0 Å². The molecule has 96 valence electrons. The molecule has 17 heavy (non-hydrogen) atoms. The van der Waals surface area contributed by atoms with Gasteiger partial charge in [-0.25, -0.2) is 0 Å². The maximum Gasteiger partial charge on any atom is 0.224 e. The van der Waals surface area contributed by atoms with E-state index in [0.29, 0.717) is 18.9 Å². The summed E-state index contributed by atoms with van der Waals surface area (Å²) in [5.74, 6) is 0.739. The Kier molecular flexibility index (Phi) is 5.98. The van der Waals surface area contributed by atoms with Gasteiger partial charge in [-0.1, -0.05) is 25.5 Å². The maximum atomic E-state index is 11.5. The van der Waals surface area contributed by atoms with Gasteiger partial charge in [0.2, 0.25) is 5.91 Å². The van der Waals surface area contributed by atoms with Crippen LogP contribution < -0.4 is 11.1 Å². The van der Waals surface area contributed by atoms with Crippen LogP contribution in [0.2, 0.25) is 0 Å². The van der Waals surface area contributed by atoms with Crippen LogP contribution in [0.25, 0.3) is 0 Å². The third-order valence-electron chi connectivity index (χ3n) is 3.33. The van der Waals surface area contributed by atoms with Crippen LogP contribution in [0, 0.1) is 5.92 Å². The van der Waals surface area contributed by atoms with Crippen LogP contribution in [0.5, 0.6) is 0 Å². The molecule has 0 aromatic heterocycles. The standard InChI is InChI=1S/C14H24N2O/c1-3-11(2)12-6-8-13(9-7-12)16-14(17)5-4-10-15/h6,8,11H,3-5,7,9-10,15H2,1-2H3,(H,16,17)/t11-/m1/s1. The average molecular weight is 236 g/mol. The van der Waals surface area contributed by atoms with Crippen LogP contribution in [0.3, 0.4) is 0 Å². The number of rotatable bonds is 6. The molecule has 0 aliphatic heterocycles. The van der Waals surface area contributed by atoms with E-state index in [1.807, 2.05) is 6.08 Å². The monoisotopic (exact) mass is 236 g/mol. The predicted octanol–water partition coefficient (Wildman–Crippen LogP) is 2.49. The second kappa shape index (κ2) is 7.28. The highest BCUT2D eigenvalue weighted by Gasteiger charge is 2.12. The highest BCUT2D eigenvalue weighted by Crippen LogP contribution is 2.25. The molecule has 0 saturated heterocycles. The Labute approximate surface area is 104 Å². The van der Waals surface area contributed by atoms with Crippen LogP contribution in [0.15, 0.2) is 23.4 Å². The molecule has 3 nitrogen and oxygen atoms in total. The topological polar surface area (TPSA) is 55.1 Å². The minimum absolute atomic E-state index is 0.0853. The molecule has 1 atom stereocenters. The first-order valence-electron chi connectivity index (χ1n) is 6.57. The van der Waals surface area contributed by atoms with Crippen LogP contribution in [0.4, 0.5) is 0 Å². The van der Waals surface area contributed by atoms with E-state index in [-0.39, 0.29) is 5.91 Å². The van der Waals surface area contributed by atoms with Gasteiger partial charge in [0.05, 0.1) is 0 Å². The third kappa shape index (κ3) is 4.73. The second-order valence-electron chi connectivity index (χ2n) is 4.68. The molecular weight excluding hydrogens is 212 g/mol. The zero-order chi connectivity index (χ0) is 12.7. The van der Waals surface area contributed by atoms with Crippen molar-refractivity contribution in [3.05, 3.63) is 23.4 Å². The van der Waals surface area contributed by atoms with Crippen molar-refractivity contribution >= 4 is 5.91 Å². The van der Waals surface area contributed by atoms with Crippen molar-refractivity contribution in [1.29, 1.82) is 0 Å². The SMILES string of the molecule is CC[C@@H](C)C1=CC=C(NC(=O)CCCN)CC1. The van der Waals surface area contributed by atoms with Gasteiger partial charge in [-0.3, -0.25) is 4.79 Å². The van der Waals surface area contributed by atoms with Gasteiger partial charge >= 0.3 is 0 Å². The van der Waals surface area contributed by atoms with Gasteiger partial charge in [0.1, 0.15) is 0 Å². The first-order valence-corrected chi connectivity index (χ1v) is 6.57. The molecule has 0 unspecified atom stereocenters. The van der Waals surface area contributed by atoms with Crippen molar-refractivity contribution in [2.75, 3.05) is 6.54 Å². The van der Waals surface area contributed by atoms with Gasteiger partial charge in [0, 0.05) is 12.1 Å². The van der Waals surface area contributed by atoms with Crippen molar-refractivity contribution in [1.82, 2.24) is 5.32 Å². The molecule has 3 N–H and O–H groups in total. The molecule has 0 spiro atoms. The second-order valence-corrected chi connectivity index (χ2v) is 4.68. The summed E-state index contributed by atoms with van der Waals surface area (Å²) >= 11 is 0. The Bertz CT molecular complexity index is 318. The van der Waals surface area contributed by atoms with E-state index in [4.69, 9.17) is 5.73 Å². The number of hydrogen-bond donors (Lipinski definition) is 2. The number of allylic oxidation sites excluding steroid dienone is 4. The van der Waals surface area contributed by atoms with E-state index in [0.717, 1.165) is 25.0 Å². The number of hydrogen-bond acceptors (Lipinski definition) is 2. The average Bonchev–Trinajstić information content (AvgIpc) is 2.36. The lowest BCUT2D eigenvalue weighted by Gasteiger charge is -2.19. The summed E-state index contributed by atoms with van der Waals surface area (Å²) in [6, 6.07) is 0. The van der Waals surface area contributed by atoms with Crippen LogP contribution in [-0.2, 0) is 4.79 Å². The van der Waals surface area contributed by atoms with Crippen molar-refractivity contribution in [3.63, 3.8) is 0 Å². The Morgan fingerprint density at radius 3 is 2.76 bits per heavy atom. The summed E-state index contributed by atoms with van der Waals surface area (Å²) in [7, 11) is 0. The maximum absolute atomic E-state index is 11.5. The van der Waals surface area contributed by atoms with Gasteiger partial charge < -0.3 is 11.1 Å². The molecule has 0 heterocycles. The van der Waals surface area contributed by atoms with Crippen LogP contribution in [-0.4, -0.2) is 12.5 Å². The molecule has 1 aliphatic rings. The third-order valence-corrected chi connectivity index (χ3v) is 3.33. The fourth-order valence-corrected chi connectivity index (χ4v) is 1.93. The highest BCUT2D eigenvalue weighted by atomic mass is 16.1. The normalized spacial score (nSPS) is 17.1. The molecule has 1 rings (SSSR count). The minimum atomic E-state index is 0.0853. The minimum Gasteiger partial charge on any atom is -0.330 e. The molecule has 0 radical (unpaired) electrons. The summed E-state index contributed by atoms with van der Waals surface area (Å²) < 4.78 is 0. The molecule has 0 aromatic carbocycles. The van der Waals surface area contributed by atoms with E-state index < -0.39 is 0 Å². The molecule has 0 bridgehead atoms. The van der Waals surface area contributed by atoms with Crippen LogP contribution >= 0.6 is 0 Å². The Morgan fingerprint density at radius 1 is 1.47 bits per heavy atom. The molecule has 1 aliphatic carbocycles. The smallest absolute Gasteiger partial charge is 0.224 e. The Hall–Kier alpha value is -1.09. The largest absolute Gasteiger partial charge is 0.330 e. The van der Waals surface area contributed by atoms with Crippen molar-refractivity contribution in [2.24, 2.45) is 11.7 Å². The van der Waals surface area contributed by atoms with Gasteiger partial charge in [-0.05, 0) is 44.2 Å². The summed E-state index contributed by atoms with van der Waals surface area (Å²) in [6.45, 7) is 5.04. The van der Waals surface area contributed by atoms with Gasteiger partial charge in [-0.15, -0.1) is 0 Å². The van der Waals surface area contributed by atoms with E-state index >= 15 is 0 Å². The van der Waals surface area contributed by atoms with E-state index in [2.05, 4.69) is 25.2 Å². The molecule has 3 heteroatoms. The van der Waals surface area contributed by atoms with Crippen molar-refractivity contribution in [2.45, 2.75) is 46.0 Å². The first-order chi connectivity index (χ1) is 8.17. The molecule has 0 aromatic rings. The Balaban J connectivity index is 2.44. The fraction of sp³-hybridized carbons (Fsp3) is 0.643. The van der Waals surface area contributed by atoms with Crippen molar-refractivity contribution in [3.8, 4) is 0 Å². The van der Waals surface area contributed by atoms with E-state index in [9.17, 15) is 4.79 Å². The first kappa shape index (κ1) is 14.0. The zero-order valence-corrected chi connectivity index (χ0v) is 11.0. The number of amides is 1. The summed E-state index contributed by atoms with van der Waals surface area (Å²) in [4.78, 5) is 11.5. The summed E-state index contributed by atoms with van der Waals surface area (Å²) in [5.41, 5.74) is 7.91. The number of carbonyl (C=O) groups excluding carboxylic acids is 1. The van der Waals surface area contributed by atoms with Crippen LogP contribution in [0.1, 0.15) is 46.0 Å². The van der Waals surface area contributed by atoms with Gasteiger partial charge in [-0.2, -0.15) is 0 Å². The lowest BCUT2D eigenvalue weighted by atomic mass is 9.90. The fourth-order valence-electron chi connectivity index (χ4n) is 1.93. The van der Waals surface area contributed by atoms with E-state index in [1.165, 1.54) is 12.0 Å². The van der Waals surface area contributed by atoms with Gasteiger partial charge in [0.25, 0.3) is 0 Å². The number of carbonyl (C=O) groups is 1. The number of nitrogens with two attached hydrogens (primary N) is 1. The highest BCUT2D eigenvalue weighted by molar-refractivity contribution is 5.77. The quantitative estimate of drug-likeness (QED) is 0.744. The predicted molar refractivity (Wildman–Crippen MR) is 71.3 cm³/mol. The van der Waals surface area contributed by atoms with Gasteiger partial charge in [0.15, 0.2) is 0 Å². The van der Waals surface area contributed by atoms with Crippen molar-refractivity contribution < 1.29 is 4.79 Å². The molecule has 1 amide bonds. The lowest BCUT2D eigenvalue weighted by Crippen LogP contribution is -2.24.